The minimum absolute atomic E-state index is 0.286. The summed E-state index contributed by atoms with van der Waals surface area (Å²) in [5.74, 6) is -0.286. The van der Waals surface area contributed by atoms with Crippen molar-refractivity contribution >= 4 is 11.6 Å². The smallest absolute Gasteiger partial charge is 0.322 e. The molecule has 0 bridgehead atoms. The molecule has 0 fully saturated rings. The molecule has 1 N–H and O–H groups in total. The summed E-state index contributed by atoms with van der Waals surface area (Å²) in [7, 11) is 0. The Kier molecular flexibility index (Phi) is 6.84. The van der Waals surface area contributed by atoms with E-state index in [1.807, 2.05) is 12.1 Å². The second-order valence-corrected chi connectivity index (χ2v) is 8.44. The molecule has 0 aromatic heterocycles. The number of carbonyl (C=O) groups is 1. The molecular weight excluding hydrogens is 425 g/mol. The Morgan fingerprint density at radius 1 is 1.00 bits per heavy atom. The Balaban J connectivity index is 1.51. The van der Waals surface area contributed by atoms with E-state index in [9.17, 15) is 18.0 Å². The number of alkyl halides is 3. The molecule has 1 heterocycles. The number of rotatable bonds is 6. The molecule has 0 saturated heterocycles. The summed E-state index contributed by atoms with van der Waals surface area (Å²) in [5.41, 5.74) is 4.12. The molecule has 3 nitrogen and oxygen atoms in total. The number of nitrogens with zero attached hydrogens (tertiary/aromatic N) is 1. The number of halogens is 3. The largest absolute Gasteiger partial charge is 0.416 e. The Morgan fingerprint density at radius 3 is 2.48 bits per heavy atom. The second-order valence-electron chi connectivity index (χ2n) is 8.44. The minimum atomic E-state index is -4.39. The molecule has 4 rings (SSSR count). The van der Waals surface area contributed by atoms with Gasteiger partial charge in [0.15, 0.2) is 0 Å². The van der Waals surface area contributed by atoms with E-state index < -0.39 is 11.7 Å². The zero-order chi connectivity index (χ0) is 23.4. The van der Waals surface area contributed by atoms with E-state index >= 15 is 0 Å². The molecule has 0 saturated carbocycles. The molecule has 1 amide bonds. The van der Waals surface area contributed by atoms with Crippen LogP contribution in [0.3, 0.4) is 0 Å². The van der Waals surface area contributed by atoms with Crippen molar-refractivity contribution in [3.63, 3.8) is 0 Å². The van der Waals surface area contributed by atoms with Gasteiger partial charge in [0.05, 0.1) is 5.56 Å². The molecule has 3 aromatic rings. The third kappa shape index (κ3) is 5.45. The first-order chi connectivity index (χ1) is 15.8. The maximum Gasteiger partial charge on any atom is 0.416 e. The summed E-state index contributed by atoms with van der Waals surface area (Å²) >= 11 is 0. The molecule has 33 heavy (non-hydrogen) atoms. The van der Waals surface area contributed by atoms with E-state index in [0.29, 0.717) is 16.7 Å². The lowest BCUT2D eigenvalue weighted by atomic mass is 9.97. The van der Waals surface area contributed by atoms with Crippen molar-refractivity contribution in [2.75, 3.05) is 18.4 Å². The SMILES string of the molecule is CCCCN1CCc2cc(NC(=O)c3ccccc3-c3ccc(C(F)(F)F)cc3)ccc2C1. The van der Waals surface area contributed by atoms with Crippen molar-refractivity contribution in [2.24, 2.45) is 0 Å². The molecule has 1 aliphatic heterocycles. The van der Waals surface area contributed by atoms with Crippen LogP contribution in [-0.4, -0.2) is 23.9 Å². The van der Waals surface area contributed by atoms with Crippen molar-refractivity contribution in [1.82, 2.24) is 4.90 Å². The summed E-state index contributed by atoms with van der Waals surface area (Å²) in [4.78, 5) is 15.5. The van der Waals surface area contributed by atoms with E-state index in [1.165, 1.54) is 36.1 Å². The van der Waals surface area contributed by atoms with Crippen LogP contribution in [0.2, 0.25) is 0 Å². The number of fused-ring (bicyclic) bond motifs is 1. The lowest BCUT2D eigenvalue weighted by molar-refractivity contribution is -0.137. The predicted molar refractivity (Wildman–Crippen MR) is 125 cm³/mol. The summed E-state index contributed by atoms with van der Waals surface area (Å²) < 4.78 is 38.7. The Labute approximate surface area is 192 Å². The fourth-order valence-electron chi connectivity index (χ4n) is 4.23. The quantitative estimate of drug-likeness (QED) is 0.447. The predicted octanol–water partition coefficient (Wildman–Crippen LogP) is 6.78. The molecule has 0 unspecified atom stereocenters. The van der Waals surface area contributed by atoms with Gasteiger partial charge in [0.25, 0.3) is 5.91 Å². The van der Waals surface area contributed by atoms with Crippen LogP contribution in [0.4, 0.5) is 18.9 Å². The van der Waals surface area contributed by atoms with Gasteiger partial charge in [-0.1, -0.05) is 49.7 Å². The highest BCUT2D eigenvalue weighted by atomic mass is 19.4. The molecule has 0 atom stereocenters. The number of unbranched alkanes of at least 4 members (excludes halogenated alkanes) is 1. The first-order valence-electron chi connectivity index (χ1n) is 11.3. The summed E-state index contributed by atoms with van der Waals surface area (Å²) in [6.07, 6.45) is -1.07. The van der Waals surface area contributed by atoms with Crippen LogP contribution in [0, 0.1) is 0 Å². The van der Waals surface area contributed by atoms with E-state index in [-0.39, 0.29) is 5.91 Å². The van der Waals surface area contributed by atoms with Gasteiger partial charge in [-0.25, -0.2) is 0 Å². The van der Waals surface area contributed by atoms with E-state index in [0.717, 1.165) is 43.9 Å². The molecular formula is C27H27F3N2O. The maximum absolute atomic E-state index is 13.1. The van der Waals surface area contributed by atoms with Crippen LogP contribution in [0.1, 0.15) is 46.8 Å². The van der Waals surface area contributed by atoms with Crippen molar-refractivity contribution in [1.29, 1.82) is 0 Å². The zero-order valence-electron chi connectivity index (χ0n) is 18.6. The number of hydrogen-bond acceptors (Lipinski definition) is 2. The van der Waals surface area contributed by atoms with Crippen LogP contribution in [0.15, 0.2) is 66.7 Å². The Bertz CT molecular complexity index is 1120. The Morgan fingerprint density at radius 2 is 1.76 bits per heavy atom. The van der Waals surface area contributed by atoms with Crippen molar-refractivity contribution in [2.45, 2.75) is 38.9 Å². The normalized spacial score (nSPS) is 14.1. The third-order valence-corrected chi connectivity index (χ3v) is 6.08. The van der Waals surface area contributed by atoms with E-state index in [1.54, 1.807) is 24.3 Å². The molecule has 0 aliphatic carbocycles. The van der Waals surface area contributed by atoms with Crippen LogP contribution in [0.25, 0.3) is 11.1 Å². The molecule has 6 heteroatoms. The van der Waals surface area contributed by atoms with Gasteiger partial charge in [-0.15, -0.1) is 0 Å². The first-order valence-corrected chi connectivity index (χ1v) is 11.3. The second kappa shape index (κ2) is 9.79. The Hall–Kier alpha value is -3.12. The number of benzene rings is 3. The highest BCUT2D eigenvalue weighted by Crippen LogP contribution is 2.32. The van der Waals surface area contributed by atoms with Gasteiger partial charge < -0.3 is 5.32 Å². The average Bonchev–Trinajstić information content (AvgIpc) is 2.82. The number of amides is 1. The zero-order valence-corrected chi connectivity index (χ0v) is 18.6. The number of hydrogen-bond donors (Lipinski definition) is 1. The summed E-state index contributed by atoms with van der Waals surface area (Å²) in [5, 5.41) is 2.97. The van der Waals surface area contributed by atoms with Crippen LogP contribution < -0.4 is 5.32 Å². The molecule has 172 valence electrons. The van der Waals surface area contributed by atoms with Gasteiger partial charge in [0.2, 0.25) is 0 Å². The van der Waals surface area contributed by atoms with Crippen LogP contribution >= 0.6 is 0 Å². The van der Waals surface area contributed by atoms with E-state index in [4.69, 9.17) is 0 Å². The van der Waals surface area contributed by atoms with Gasteiger partial charge in [-0.3, -0.25) is 9.69 Å². The lowest BCUT2D eigenvalue weighted by Crippen LogP contribution is -2.31. The molecule has 0 spiro atoms. The highest BCUT2D eigenvalue weighted by molar-refractivity contribution is 6.08. The summed E-state index contributed by atoms with van der Waals surface area (Å²) in [6.45, 7) is 5.25. The topological polar surface area (TPSA) is 32.3 Å². The summed E-state index contributed by atoms with van der Waals surface area (Å²) in [6, 6.07) is 17.9. The molecule has 0 radical (unpaired) electrons. The molecule has 3 aromatic carbocycles. The molecule has 1 aliphatic rings. The number of nitrogens with one attached hydrogen (secondary N) is 1. The fraction of sp³-hybridized carbons (Fsp3) is 0.296. The number of anilines is 1. The lowest BCUT2D eigenvalue weighted by Gasteiger charge is -2.29. The van der Waals surface area contributed by atoms with Gasteiger partial charge in [-0.05, 0) is 72.0 Å². The first kappa shape index (κ1) is 23.1. The third-order valence-electron chi connectivity index (χ3n) is 6.08. The van der Waals surface area contributed by atoms with Crippen LogP contribution in [0.5, 0.6) is 0 Å². The minimum Gasteiger partial charge on any atom is -0.322 e. The van der Waals surface area contributed by atoms with Crippen LogP contribution in [-0.2, 0) is 19.1 Å². The highest BCUT2D eigenvalue weighted by Gasteiger charge is 2.30. The number of carbonyl (C=O) groups excluding carboxylic acids is 1. The van der Waals surface area contributed by atoms with Gasteiger partial charge in [0, 0.05) is 24.3 Å². The van der Waals surface area contributed by atoms with Gasteiger partial charge in [-0.2, -0.15) is 13.2 Å². The average molecular weight is 453 g/mol. The van der Waals surface area contributed by atoms with E-state index in [2.05, 4.69) is 23.2 Å². The maximum atomic E-state index is 13.1. The van der Waals surface area contributed by atoms with Gasteiger partial charge >= 0.3 is 6.18 Å². The fourth-order valence-corrected chi connectivity index (χ4v) is 4.23. The standard InChI is InChI=1S/C27H27F3N2O/c1-2-3-15-32-16-14-20-17-23(13-10-21(20)18-32)31-26(33)25-7-5-4-6-24(25)19-8-11-22(12-9-19)27(28,29)30/h4-13,17H,2-3,14-16,18H2,1H3,(H,31,33). The van der Waals surface area contributed by atoms with Crippen molar-refractivity contribution in [3.05, 3.63) is 89.0 Å². The van der Waals surface area contributed by atoms with Crippen molar-refractivity contribution in [3.8, 4) is 11.1 Å². The van der Waals surface area contributed by atoms with Gasteiger partial charge in [0.1, 0.15) is 0 Å². The monoisotopic (exact) mass is 452 g/mol. The van der Waals surface area contributed by atoms with Crippen molar-refractivity contribution < 1.29 is 18.0 Å².